The van der Waals surface area contributed by atoms with Crippen molar-refractivity contribution in [3.8, 4) is 5.75 Å². The number of benzene rings is 1. The van der Waals surface area contributed by atoms with Gasteiger partial charge in [0.1, 0.15) is 5.75 Å². The number of ketones is 1. The molecule has 4 rings (SSSR count). The SMILES string of the molecule is CCCCCCC(C)(C)c1ccc(C2=CC(=O)[C@H]3C[C@@H]2C3(C)C)c(OC)c1. The van der Waals surface area contributed by atoms with Crippen LogP contribution in [0.3, 0.4) is 0 Å². The molecule has 0 N–H and O–H groups in total. The summed E-state index contributed by atoms with van der Waals surface area (Å²) in [5.41, 5.74) is 3.82. The third-order valence-corrected chi connectivity index (χ3v) is 7.23. The first kappa shape index (κ1) is 20.2. The predicted octanol–water partition coefficient (Wildman–Crippen LogP) is 6.57. The van der Waals surface area contributed by atoms with Crippen molar-refractivity contribution in [1.82, 2.24) is 0 Å². The lowest BCUT2D eigenvalue weighted by Gasteiger charge is -2.55. The molecule has 1 aromatic rings. The molecular formula is C25H36O2. The van der Waals surface area contributed by atoms with E-state index in [1.165, 1.54) is 43.2 Å². The van der Waals surface area contributed by atoms with Gasteiger partial charge in [0.05, 0.1) is 7.11 Å². The van der Waals surface area contributed by atoms with Crippen LogP contribution in [0.1, 0.15) is 84.3 Å². The van der Waals surface area contributed by atoms with E-state index in [4.69, 9.17) is 4.74 Å². The van der Waals surface area contributed by atoms with Gasteiger partial charge in [0.25, 0.3) is 0 Å². The Kier molecular flexibility index (Phi) is 5.57. The van der Waals surface area contributed by atoms with Crippen LogP contribution in [0.5, 0.6) is 5.75 Å². The lowest BCUT2D eigenvalue weighted by Crippen LogP contribution is -2.51. The fourth-order valence-electron chi connectivity index (χ4n) is 5.04. The largest absolute Gasteiger partial charge is 0.496 e. The van der Waals surface area contributed by atoms with Crippen molar-refractivity contribution in [2.24, 2.45) is 17.3 Å². The highest BCUT2D eigenvalue weighted by molar-refractivity contribution is 6.04. The fourth-order valence-corrected chi connectivity index (χ4v) is 5.04. The zero-order valence-electron chi connectivity index (χ0n) is 18.0. The van der Waals surface area contributed by atoms with Crippen LogP contribution in [0.15, 0.2) is 24.3 Å². The van der Waals surface area contributed by atoms with E-state index in [0.717, 1.165) is 17.7 Å². The van der Waals surface area contributed by atoms with Crippen LogP contribution in [-0.4, -0.2) is 12.9 Å². The monoisotopic (exact) mass is 368 g/mol. The molecule has 0 radical (unpaired) electrons. The van der Waals surface area contributed by atoms with Gasteiger partial charge in [-0.2, -0.15) is 0 Å². The zero-order chi connectivity index (χ0) is 19.8. The molecule has 148 valence electrons. The zero-order valence-corrected chi connectivity index (χ0v) is 18.0. The molecule has 0 amide bonds. The second-order valence-electron chi connectivity index (χ2n) is 9.77. The molecule has 27 heavy (non-hydrogen) atoms. The van der Waals surface area contributed by atoms with Crippen molar-refractivity contribution in [3.63, 3.8) is 0 Å². The first-order chi connectivity index (χ1) is 12.7. The van der Waals surface area contributed by atoms with Gasteiger partial charge in [-0.15, -0.1) is 0 Å². The third kappa shape index (κ3) is 3.60. The molecule has 1 saturated carbocycles. The molecule has 3 aliphatic carbocycles. The van der Waals surface area contributed by atoms with Crippen molar-refractivity contribution in [2.45, 2.75) is 78.6 Å². The minimum atomic E-state index is 0.0728. The number of rotatable bonds is 8. The minimum absolute atomic E-state index is 0.0728. The highest BCUT2D eigenvalue weighted by Gasteiger charge is 2.55. The molecule has 0 saturated heterocycles. The quantitative estimate of drug-likeness (QED) is 0.485. The van der Waals surface area contributed by atoms with Gasteiger partial charge < -0.3 is 4.74 Å². The number of carbonyl (C=O) groups excluding carboxylic acids is 1. The van der Waals surface area contributed by atoms with Gasteiger partial charge in [0.2, 0.25) is 0 Å². The van der Waals surface area contributed by atoms with Gasteiger partial charge in [0.15, 0.2) is 5.78 Å². The molecule has 3 aliphatic rings. The molecule has 0 aromatic heterocycles. The van der Waals surface area contributed by atoms with Crippen LogP contribution in [0.25, 0.3) is 5.57 Å². The van der Waals surface area contributed by atoms with E-state index >= 15 is 0 Å². The summed E-state index contributed by atoms with van der Waals surface area (Å²) in [7, 11) is 1.75. The number of allylic oxidation sites excluding steroid dienone is 2. The van der Waals surface area contributed by atoms with Crippen molar-refractivity contribution in [3.05, 3.63) is 35.4 Å². The van der Waals surface area contributed by atoms with Crippen molar-refractivity contribution >= 4 is 11.4 Å². The Balaban J connectivity index is 1.86. The van der Waals surface area contributed by atoms with Gasteiger partial charge in [-0.05, 0) is 52.9 Å². The number of fused-ring (bicyclic) bond motifs is 1. The van der Waals surface area contributed by atoms with Crippen LogP contribution in [-0.2, 0) is 10.2 Å². The first-order valence-electron chi connectivity index (χ1n) is 10.7. The van der Waals surface area contributed by atoms with E-state index in [1.54, 1.807) is 7.11 Å². The Labute approximate surface area is 165 Å². The van der Waals surface area contributed by atoms with Gasteiger partial charge in [-0.25, -0.2) is 0 Å². The summed E-state index contributed by atoms with van der Waals surface area (Å²) < 4.78 is 5.79. The van der Waals surface area contributed by atoms with Crippen molar-refractivity contribution in [2.75, 3.05) is 7.11 Å². The summed E-state index contributed by atoms with van der Waals surface area (Å²) in [5.74, 6) is 1.87. The third-order valence-electron chi connectivity index (χ3n) is 7.23. The number of hydrogen-bond donors (Lipinski definition) is 0. The highest BCUT2D eigenvalue weighted by Crippen LogP contribution is 2.61. The lowest BCUT2D eigenvalue weighted by atomic mass is 9.48. The maximum Gasteiger partial charge on any atom is 0.159 e. The Morgan fingerprint density at radius 3 is 2.48 bits per heavy atom. The summed E-state index contributed by atoms with van der Waals surface area (Å²) >= 11 is 0. The van der Waals surface area contributed by atoms with Crippen LogP contribution >= 0.6 is 0 Å². The average Bonchev–Trinajstić information content (AvgIpc) is 2.63. The maximum atomic E-state index is 12.5. The molecule has 2 atom stereocenters. The van der Waals surface area contributed by atoms with E-state index in [0.29, 0.717) is 11.7 Å². The molecule has 0 heterocycles. The fraction of sp³-hybridized carbons (Fsp3) is 0.640. The molecule has 1 aromatic carbocycles. The summed E-state index contributed by atoms with van der Waals surface area (Å²) in [4.78, 5) is 12.5. The van der Waals surface area contributed by atoms with Crippen molar-refractivity contribution in [1.29, 1.82) is 0 Å². The van der Waals surface area contributed by atoms with Crippen LogP contribution < -0.4 is 4.74 Å². The topological polar surface area (TPSA) is 26.3 Å². The predicted molar refractivity (Wildman–Crippen MR) is 113 cm³/mol. The Morgan fingerprint density at radius 2 is 1.89 bits per heavy atom. The van der Waals surface area contributed by atoms with E-state index in [-0.39, 0.29) is 16.7 Å². The maximum absolute atomic E-state index is 12.5. The van der Waals surface area contributed by atoms with Crippen LogP contribution in [0.2, 0.25) is 0 Å². The smallest absolute Gasteiger partial charge is 0.159 e. The lowest BCUT2D eigenvalue weighted by molar-refractivity contribution is -0.132. The highest BCUT2D eigenvalue weighted by atomic mass is 16.5. The van der Waals surface area contributed by atoms with E-state index < -0.39 is 0 Å². The molecule has 0 spiro atoms. The summed E-state index contributed by atoms with van der Waals surface area (Å²) in [6, 6.07) is 6.65. The van der Waals surface area contributed by atoms with Gasteiger partial charge in [-0.3, -0.25) is 4.79 Å². The van der Waals surface area contributed by atoms with Gasteiger partial charge >= 0.3 is 0 Å². The minimum Gasteiger partial charge on any atom is -0.496 e. The second-order valence-corrected chi connectivity index (χ2v) is 9.77. The molecular weight excluding hydrogens is 332 g/mol. The first-order valence-corrected chi connectivity index (χ1v) is 10.7. The number of unbranched alkanes of at least 4 members (excludes halogenated alkanes) is 3. The second kappa shape index (κ2) is 7.45. The van der Waals surface area contributed by atoms with Gasteiger partial charge in [-0.1, -0.05) is 72.4 Å². The molecule has 1 fully saturated rings. The van der Waals surface area contributed by atoms with Gasteiger partial charge in [0, 0.05) is 11.5 Å². The molecule has 2 nitrogen and oxygen atoms in total. The Hall–Kier alpha value is -1.57. The summed E-state index contributed by atoms with van der Waals surface area (Å²) in [6.07, 6.45) is 9.23. The Bertz CT molecular complexity index is 739. The summed E-state index contributed by atoms with van der Waals surface area (Å²) in [6.45, 7) is 11.4. The standard InChI is InChI=1S/C25H36O2/c1-7-8-9-10-13-24(2,3)17-11-12-18(23(14-17)27-6)19-15-22(26)21-16-20(19)25(21,4)5/h11-12,14-15,20-21H,7-10,13,16H2,1-6H3/t20-,21+/m0/s1. The normalized spacial score (nSPS) is 23.6. The molecule has 0 aliphatic heterocycles. The number of carbonyl (C=O) groups is 1. The number of hydrogen-bond acceptors (Lipinski definition) is 2. The number of methoxy groups -OCH3 is 1. The average molecular weight is 369 g/mol. The Morgan fingerprint density at radius 1 is 1.15 bits per heavy atom. The molecule has 2 bridgehead atoms. The van der Waals surface area contributed by atoms with Crippen LogP contribution in [0, 0.1) is 17.3 Å². The van der Waals surface area contributed by atoms with E-state index in [9.17, 15) is 4.79 Å². The number of ether oxygens (including phenoxy) is 1. The van der Waals surface area contributed by atoms with Crippen molar-refractivity contribution < 1.29 is 9.53 Å². The molecule has 2 heteroatoms. The summed E-state index contributed by atoms with van der Waals surface area (Å²) in [5, 5.41) is 0. The molecule has 0 unspecified atom stereocenters. The van der Waals surface area contributed by atoms with Crippen LogP contribution in [0.4, 0.5) is 0 Å². The van der Waals surface area contributed by atoms with E-state index in [2.05, 4.69) is 52.8 Å². The van der Waals surface area contributed by atoms with E-state index in [1.807, 2.05) is 6.08 Å².